The molecule has 26 heavy (non-hydrogen) atoms. The first kappa shape index (κ1) is 16.1. The van der Waals surface area contributed by atoms with Crippen molar-refractivity contribution in [2.24, 2.45) is 0 Å². The average molecular weight is 353 g/mol. The number of benzene rings is 2. The largest absolute Gasteiger partial charge is 0.293 e. The minimum Gasteiger partial charge on any atom is -0.293 e. The van der Waals surface area contributed by atoms with Gasteiger partial charge in [0.1, 0.15) is 17.8 Å². The molecule has 2 aromatic carbocycles. The van der Waals surface area contributed by atoms with Gasteiger partial charge in [-0.2, -0.15) is 4.68 Å². The summed E-state index contributed by atoms with van der Waals surface area (Å²) in [5.74, 6) is -1.52. The molecule has 0 N–H and O–H groups in total. The highest BCUT2D eigenvalue weighted by Crippen LogP contribution is 2.17. The van der Waals surface area contributed by atoms with E-state index >= 15 is 0 Å². The van der Waals surface area contributed by atoms with Crippen LogP contribution in [-0.4, -0.2) is 24.5 Å². The summed E-state index contributed by atoms with van der Waals surface area (Å²) in [4.78, 5) is 16.9. The smallest absolute Gasteiger partial charge is 0.283 e. The van der Waals surface area contributed by atoms with Gasteiger partial charge in [0, 0.05) is 6.07 Å². The molecule has 0 atom stereocenters. The van der Waals surface area contributed by atoms with E-state index < -0.39 is 11.6 Å². The van der Waals surface area contributed by atoms with E-state index in [4.69, 9.17) is 0 Å². The Bertz CT molecular complexity index is 1180. The zero-order valence-electron chi connectivity index (χ0n) is 13.7. The summed E-state index contributed by atoms with van der Waals surface area (Å²) < 4.78 is 29.6. The topological polar surface area (TPSA) is 65.6 Å². The summed E-state index contributed by atoms with van der Waals surface area (Å²) >= 11 is 0. The van der Waals surface area contributed by atoms with E-state index in [-0.39, 0.29) is 22.4 Å². The van der Waals surface area contributed by atoms with Crippen molar-refractivity contribution >= 4 is 11.2 Å². The summed E-state index contributed by atoms with van der Waals surface area (Å²) in [6, 6.07) is 10.8. The molecule has 6 nitrogen and oxygen atoms in total. The van der Waals surface area contributed by atoms with Gasteiger partial charge in [-0.1, -0.05) is 35.0 Å². The third-order valence-corrected chi connectivity index (χ3v) is 4.00. The van der Waals surface area contributed by atoms with Gasteiger partial charge in [-0.15, -0.1) is 5.10 Å². The van der Waals surface area contributed by atoms with Gasteiger partial charge in [0.15, 0.2) is 17.0 Å². The fourth-order valence-corrected chi connectivity index (χ4v) is 2.78. The van der Waals surface area contributed by atoms with Gasteiger partial charge >= 0.3 is 0 Å². The van der Waals surface area contributed by atoms with E-state index in [1.165, 1.54) is 17.0 Å². The minimum absolute atomic E-state index is 0.0175. The second-order valence-electron chi connectivity index (χ2n) is 5.94. The number of nitrogens with zero attached hydrogens (tertiary/aromatic N) is 5. The van der Waals surface area contributed by atoms with E-state index in [0.717, 1.165) is 27.9 Å². The van der Waals surface area contributed by atoms with Crippen molar-refractivity contribution in [3.05, 3.63) is 81.9 Å². The van der Waals surface area contributed by atoms with Crippen LogP contribution in [0.2, 0.25) is 0 Å². The maximum absolute atomic E-state index is 14.0. The molecule has 0 saturated heterocycles. The summed E-state index contributed by atoms with van der Waals surface area (Å²) in [6.07, 6.45) is 1.37. The maximum atomic E-state index is 14.0. The lowest BCUT2D eigenvalue weighted by Crippen LogP contribution is -2.21. The van der Waals surface area contributed by atoms with Crippen molar-refractivity contribution in [1.29, 1.82) is 0 Å². The van der Waals surface area contributed by atoms with Gasteiger partial charge < -0.3 is 0 Å². The standard InChI is InChI=1S/C18H13F2N5O/c1-11-3-2-4-12(7-11)9-24-10-21-17-16(18(24)26)22-23-25(17)15-6-5-13(19)8-14(15)20/h2-8,10H,9H2,1H3. The Morgan fingerprint density at radius 2 is 1.96 bits per heavy atom. The molecular weight excluding hydrogens is 340 g/mol. The fourth-order valence-electron chi connectivity index (χ4n) is 2.78. The molecule has 0 spiro atoms. The Morgan fingerprint density at radius 3 is 2.73 bits per heavy atom. The van der Waals surface area contributed by atoms with Crippen LogP contribution in [0.15, 0.2) is 53.6 Å². The zero-order valence-corrected chi connectivity index (χ0v) is 13.7. The van der Waals surface area contributed by atoms with Crippen LogP contribution in [0.3, 0.4) is 0 Å². The average Bonchev–Trinajstić information content (AvgIpc) is 3.02. The molecule has 130 valence electrons. The molecule has 0 aliphatic heterocycles. The number of aromatic nitrogens is 5. The normalized spacial score (nSPS) is 11.2. The van der Waals surface area contributed by atoms with Gasteiger partial charge in [-0.25, -0.2) is 13.8 Å². The number of rotatable bonds is 3. The first-order valence-electron chi connectivity index (χ1n) is 7.85. The highest BCUT2D eigenvalue weighted by atomic mass is 19.1. The second-order valence-corrected chi connectivity index (χ2v) is 5.94. The van der Waals surface area contributed by atoms with Gasteiger partial charge in [-0.05, 0) is 24.6 Å². The van der Waals surface area contributed by atoms with Crippen LogP contribution in [0.5, 0.6) is 0 Å². The molecule has 0 fully saturated rings. The quantitative estimate of drug-likeness (QED) is 0.568. The molecule has 0 amide bonds. The molecule has 2 aromatic heterocycles. The lowest BCUT2D eigenvalue weighted by Gasteiger charge is -2.07. The predicted octanol–water partition coefficient (Wildman–Crippen LogP) is 2.61. The number of hydrogen-bond acceptors (Lipinski definition) is 4. The summed E-state index contributed by atoms with van der Waals surface area (Å²) in [7, 11) is 0. The molecule has 0 saturated carbocycles. The molecule has 0 bridgehead atoms. The number of hydrogen-bond donors (Lipinski definition) is 0. The Kier molecular flexibility index (Phi) is 3.80. The third kappa shape index (κ3) is 2.75. The SMILES string of the molecule is Cc1cccc(Cn2cnc3c(nnn3-c3ccc(F)cc3F)c2=O)c1. The molecular formula is C18H13F2N5O. The van der Waals surface area contributed by atoms with Crippen LogP contribution in [0.25, 0.3) is 16.9 Å². The Labute approximate surface area is 146 Å². The first-order valence-corrected chi connectivity index (χ1v) is 7.85. The van der Waals surface area contributed by atoms with E-state index in [9.17, 15) is 13.6 Å². The first-order chi connectivity index (χ1) is 12.5. The van der Waals surface area contributed by atoms with Gasteiger partial charge in [0.2, 0.25) is 0 Å². The molecule has 0 radical (unpaired) electrons. The van der Waals surface area contributed by atoms with Crippen LogP contribution in [-0.2, 0) is 6.54 Å². The molecule has 0 aliphatic rings. The highest BCUT2D eigenvalue weighted by molar-refractivity contribution is 5.70. The van der Waals surface area contributed by atoms with E-state index in [1.807, 2.05) is 31.2 Å². The van der Waals surface area contributed by atoms with Crippen molar-refractivity contribution in [3.8, 4) is 5.69 Å². The Hall–Kier alpha value is -3.42. The second kappa shape index (κ2) is 6.14. The lowest BCUT2D eigenvalue weighted by atomic mass is 10.1. The Morgan fingerprint density at radius 1 is 1.12 bits per heavy atom. The molecule has 0 aliphatic carbocycles. The lowest BCUT2D eigenvalue weighted by molar-refractivity contribution is 0.573. The van der Waals surface area contributed by atoms with Gasteiger partial charge in [0.25, 0.3) is 5.56 Å². The van der Waals surface area contributed by atoms with Crippen molar-refractivity contribution in [3.63, 3.8) is 0 Å². The maximum Gasteiger partial charge on any atom is 0.283 e. The molecule has 4 aromatic rings. The predicted molar refractivity (Wildman–Crippen MR) is 91.1 cm³/mol. The number of fused-ring (bicyclic) bond motifs is 1. The van der Waals surface area contributed by atoms with Gasteiger partial charge in [-0.3, -0.25) is 9.36 Å². The van der Waals surface area contributed by atoms with Crippen LogP contribution < -0.4 is 5.56 Å². The van der Waals surface area contributed by atoms with Gasteiger partial charge in [0.05, 0.1) is 6.54 Å². The zero-order chi connectivity index (χ0) is 18.3. The monoisotopic (exact) mass is 353 g/mol. The van der Waals surface area contributed by atoms with Crippen molar-refractivity contribution in [1.82, 2.24) is 24.5 Å². The number of halogens is 2. The molecule has 8 heteroatoms. The molecule has 2 heterocycles. The van der Waals surface area contributed by atoms with Crippen molar-refractivity contribution < 1.29 is 8.78 Å². The van der Waals surface area contributed by atoms with E-state index in [1.54, 1.807) is 0 Å². The summed E-state index contributed by atoms with van der Waals surface area (Å²) in [5, 5.41) is 7.64. The van der Waals surface area contributed by atoms with Crippen LogP contribution in [0, 0.1) is 18.6 Å². The molecule has 4 rings (SSSR count). The van der Waals surface area contributed by atoms with Crippen molar-refractivity contribution in [2.75, 3.05) is 0 Å². The van der Waals surface area contributed by atoms with Crippen LogP contribution >= 0.6 is 0 Å². The van der Waals surface area contributed by atoms with Crippen LogP contribution in [0.1, 0.15) is 11.1 Å². The Balaban J connectivity index is 1.79. The van der Waals surface area contributed by atoms with Crippen molar-refractivity contribution in [2.45, 2.75) is 13.5 Å². The highest BCUT2D eigenvalue weighted by Gasteiger charge is 2.16. The number of aryl methyl sites for hydroxylation is 1. The minimum atomic E-state index is -0.817. The molecule has 0 unspecified atom stereocenters. The van der Waals surface area contributed by atoms with E-state index in [2.05, 4.69) is 15.3 Å². The summed E-state index contributed by atoms with van der Waals surface area (Å²) in [6.45, 7) is 2.30. The van der Waals surface area contributed by atoms with E-state index in [0.29, 0.717) is 6.54 Å². The van der Waals surface area contributed by atoms with Crippen LogP contribution in [0.4, 0.5) is 8.78 Å². The third-order valence-electron chi connectivity index (χ3n) is 4.00. The summed E-state index contributed by atoms with van der Waals surface area (Å²) in [5.41, 5.74) is 1.75. The fraction of sp³-hybridized carbons (Fsp3) is 0.111.